The Labute approximate surface area is 180 Å². The number of carbonyl (C=O) groups is 1. The van der Waals surface area contributed by atoms with E-state index in [1.807, 2.05) is 47.1 Å². The van der Waals surface area contributed by atoms with Crippen LogP contribution in [0.25, 0.3) is 5.69 Å². The average Bonchev–Trinajstić information content (AvgIpc) is 2.97. The van der Waals surface area contributed by atoms with Crippen LogP contribution in [0.2, 0.25) is 0 Å². The highest BCUT2D eigenvalue weighted by Gasteiger charge is 2.13. The fraction of sp³-hybridized carbons (Fsp3) is 0.100. The quantitative estimate of drug-likeness (QED) is 0.236. The van der Waals surface area contributed by atoms with Crippen molar-refractivity contribution < 1.29 is 14.8 Å². The molecule has 0 bridgehead atoms. The number of nitrogens with one attached hydrogen (secondary N) is 1. The molecule has 0 spiro atoms. The third kappa shape index (κ3) is 4.45. The molecule has 0 atom stereocenters. The number of carbonyl (C=O) groups excluding carboxylic acids is 1. The molecular formula is C20H17IN4O4. The first-order valence-electron chi connectivity index (χ1n) is 8.53. The van der Waals surface area contributed by atoms with Gasteiger partial charge in [-0.05, 0) is 66.8 Å². The molecule has 3 aromatic rings. The van der Waals surface area contributed by atoms with Crippen LogP contribution in [0, 0.1) is 27.5 Å². The number of aromatic hydroxyl groups is 1. The fourth-order valence-electron chi connectivity index (χ4n) is 2.94. The minimum absolute atomic E-state index is 0.0123. The van der Waals surface area contributed by atoms with Crippen molar-refractivity contribution in [1.29, 1.82) is 0 Å². The van der Waals surface area contributed by atoms with Crippen molar-refractivity contribution in [2.75, 3.05) is 0 Å². The Kier molecular flexibility index (Phi) is 5.97. The van der Waals surface area contributed by atoms with E-state index in [9.17, 15) is 20.0 Å². The Morgan fingerprint density at radius 2 is 2.00 bits per heavy atom. The number of aromatic nitrogens is 1. The molecule has 0 saturated heterocycles. The molecule has 0 radical (unpaired) electrons. The molecule has 1 amide bonds. The van der Waals surface area contributed by atoms with Crippen LogP contribution in [0.15, 0.2) is 53.6 Å². The number of non-ortho nitro benzene ring substituents is 1. The summed E-state index contributed by atoms with van der Waals surface area (Å²) in [6.07, 6.45) is 1.51. The van der Waals surface area contributed by atoms with Crippen molar-refractivity contribution in [2.45, 2.75) is 13.8 Å². The van der Waals surface area contributed by atoms with E-state index in [0.717, 1.165) is 17.0 Å². The topological polar surface area (TPSA) is 110 Å². The number of hydrazone groups is 1. The van der Waals surface area contributed by atoms with Crippen LogP contribution in [0.5, 0.6) is 5.75 Å². The SMILES string of the molecule is Cc1cc(/C=N\NC(=O)c2ccc(I)c(O)c2)c(C)n1-c1cccc([N+](=O)[O-])c1. The number of nitro benzene ring substituents is 1. The zero-order valence-corrected chi connectivity index (χ0v) is 17.7. The molecule has 0 aliphatic heterocycles. The lowest BCUT2D eigenvalue weighted by molar-refractivity contribution is -0.384. The summed E-state index contributed by atoms with van der Waals surface area (Å²) in [4.78, 5) is 22.8. The van der Waals surface area contributed by atoms with E-state index in [-0.39, 0.29) is 11.4 Å². The molecule has 1 aromatic heterocycles. The zero-order chi connectivity index (χ0) is 21.1. The van der Waals surface area contributed by atoms with E-state index in [4.69, 9.17) is 0 Å². The van der Waals surface area contributed by atoms with Crippen LogP contribution >= 0.6 is 22.6 Å². The Morgan fingerprint density at radius 3 is 2.69 bits per heavy atom. The van der Waals surface area contributed by atoms with Gasteiger partial charge in [0.05, 0.1) is 20.4 Å². The van der Waals surface area contributed by atoms with Crippen molar-refractivity contribution >= 4 is 40.4 Å². The van der Waals surface area contributed by atoms with Crippen molar-refractivity contribution in [1.82, 2.24) is 9.99 Å². The molecule has 3 rings (SSSR count). The first-order valence-corrected chi connectivity index (χ1v) is 9.61. The van der Waals surface area contributed by atoms with E-state index in [1.165, 1.54) is 24.4 Å². The van der Waals surface area contributed by atoms with Crippen LogP contribution in [-0.4, -0.2) is 26.7 Å². The van der Waals surface area contributed by atoms with Gasteiger partial charge in [-0.25, -0.2) is 5.43 Å². The number of hydrogen-bond acceptors (Lipinski definition) is 5. The first kappa shape index (κ1) is 20.5. The summed E-state index contributed by atoms with van der Waals surface area (Å²) in [6.45, 7) is 3.75. The number of halogens is 1. The van der Waals surface area contributed by atoms with E-state index in [1.54, 1.807) is 24.3 Å². The van der Waals surface area contributed by atoms with Crippen LogP contribution < -0.4 is 5.43 Å². The maximum Gasteiger partial charge on any atom is 0.271 e. The summed E-state index contributed by atoms with van der Waals surface area (Å²) in [5.74, 6) is -0.414. The monoisotopic (exact) mass is 504 g/mol. The highest BCUT2D eigenvalue weighted by Crippen LogP contribution is 2.23. The molecule has 0 aliphatic rings. The predicted octanol–water partition coefficient (Wildman–Crippen LogP) is 4.08. The van der Waals surface area contributed by atoms with E-state index >= 15 is 0 Å². The van der Waals surface area contributed by atoms with Gasteiger partial charge in [-0.15, -0.1) is 0 Å². The summed E-state index contributed by atoms with van der Waals surface area (Å²) in [5.41, 5.74) is 5.88. The van der Waals surface area contributed by atoms with E-state index in [0.29, 0.717) is 14.8 Å². The average molecular weight is 504 g/mol. The van der Waals surface area contributed by atoms with Crippen LogP contribution in [0.1, 0.15) is 27.3 Å². The van der Waals surface area contributed by atoms with Gasteiger partial charge in [-0.3, -0.25) is 14.9 Å². The second-order valence-corrected chi connectivity index (χ2v) is 7.47. The molecular weight excluding hydrogens is 487 g/mol. The largest absolute Gasteiger partial charge is 0.507 e. The molecule has 0 aliphatic carbocycles. The van der Waals surface area contributed by atoms with E-state index in [2.05, 4.69) is 10.5 Å². The number of hydrogen-bond donors (Lipinski definition) is 2. The molecule has 8 nitrogen and oxygen atoms in total. The van der Waals surface area contributed by atoms with Gasteiger partial charge in [0.25, 0.3) is 11.6 Å². The van der Waals surface area contributed by atoms with Gasteiger partial charge in [0.1, 0.15) is 5.75 Å². The summed E-state index contributed by atoms with van der Waals surface area (Å²) in [5, 5.41) is 24.7. The number of amides is 1. The van der Waals surface area contributed by atoms with Crippen LogP contribution in [0.4, 0.5) is 5.69 Å². The molecule has 1 heterocycles. The fourth-order valence-corrected chi connectivity index (χ4v) is 3.28. The Morgan fingerprint density at radius 1 is 1.24 bits per heavy atom. The highest BCUT2D eigenvalue weighted by molar-refractivity contribution is 14.1. The standard InChI is InChI=1S/C20H17IN4O4/c1-12-8-15(11-22-23-20(27)14-6-7-18(21)19(26)9-14)13(2)24(12)16-4-3-5-17(10-16)25(28)29/h3-11,26H,1-2H3,(H,23,27)/b22-11-. The second-order valence-electron chi connectivity index (χ2n) is 6.30. The summed E-state index contributed by atoms with van der Waals surface area (Å²) in [7, 11) is 0. The number of rotatable bonds is 5. The maximum atomic E-state index is 12.2. The second kappa shape index (κ2) is 8.43. The van der Waals surface area contributed by atoms with Crippen molar-refractivity contribution in [2.24, 2.45) is 5.10 Å². The smallest absolute Gasteiger partial charge is 0.271 e. The summed E-state index contributed by atoms with van der Waals surface area (Å²) >= 11 is 1.97. The first-order chi connectivity index (χ1) is 13.8. The molecule has 148 valence electrons. The van der Waals surface area contributed by atoms with Gasteiger partial charge in [-0.2, -0.15) is 5.10 Å². The maximum absolute atomic E-state index is 12.2. The van der Waals surface area contributed by atoms with Crippen molar-refractivity contribution in [3.63, 3.8) is 0 Å². The molecule has 2 N–H and O–H groups in total. The third-order valence-corrected chi connectivity index (χ3v) is 5.26. The number of phenols is 1. The molecule has 9 heteroatoms. The number of nitrogens with zero attached hydrogens (tertiary/aromatic N) is 3. The molecule has 0 unspecified atom stereocenters. The number of aryl methyl sites for hydroxylation is 1. The van der Waals surface area contributed by atoms with Crippen LogP contribution in [0.3, 0.4) is 0 Å². The Hall–Kier alpha value is -3.21. The third-order valence-electron chi connectivity index (χ3n) is 4.35. The zero-order valence-electron chi connectivity index (χ0n) is 15.6. The number of benzene rings is 2. The van der Waals surface area contributed by atoms with Gasteiger partial charge >= 0.3 is 0 Å². The number of nitro groups is 1. The van der Waals surface area contributed by atoms with E-state index < -0.39 is 10.8 Å². The number of phenolic OH excluding ortho intramolecular Hbond substituents is 1. The highest BCUT2D eigenvalue weighted by atomic mass is 127. The van der Waals surface area contributed by atoms with Gasteiger partial charge in [-0.1, -0.05) is 6.07 Å². The normalized spacial score (nSPS) is 11.0. The van der Waals surface area contributed by atoms with Gasteiger partial charge in [0.15, 0.2) is 0 Å². The molecule has 0 fully saturated rings. The summed E-state index contributed by atoms with van der Waals surface area (Å²) in [6, 6.07) is 12.9. The van der Waals surface area contributed by atoms with Crippen molar-refractivity contribution in [3.05, 3.63) is 84.7 Å². The van der Waals surface area contributed by atoms with Crippen molar-refractivity contribution in [3.8, 4) is 11.4 Å². The minimum atomic E-state index is -0.444. The Balaban J connectivity index is 1.81. The van der Waals surface area contributed by atoms with Crippen LogP contribution in [-0.2, 0) is 0 Å². The van der Waals surface area contributed by atoms with Gasteiger partial charge in [0, 0.05) is 34.6 Å². The van der Waals surface area contributed by atoms with Gasteiger partial charge in [0.2, 0.25) is 0 Å². The lowest BCUT2D eigenvalue weighted by Gasteiger charge is -2.09. The molecule has 0 saturated carbocycles. The molecule has 29 heavy (non-hydrogen) atoms. The van der Waals surface area contributed by atoms with Gasteiger partial charge < -0.3 is 9.67 Å². The summed E-state index contributed by atoms with van der Waals surface area (Å²) < 4.78 is 2.53. The lowest BCUT2D eigenvalue weighted by Crippen LogP contribution is -2.17. The molecule has 2 aromatic carbocycles. The Bertz CT molecular complexity index is 1140. The lowest BCUT2D eigenvalue weighted by atomic mass is 10.2. The predicted molar refractivity (Wildman–Crippen MR) is 118 cm³/mol. The minimum Gasteiger partial charge on any atom is -0.507 e.